The Morgan fingerprint density at radius 2 is 2.10 bits per heavy atom. The van der Waals surface area contributed by atoms with E-state index in [4.69, 9.17) is 0 Å². The molecular formula is C10H16. The molecule has 0 aromatic carbocycles. The summed E-state index contributed by atoms with van der Waals surface area (Å²) < 4.78 is 0. The highest BCUT2D eigenvalue weighted by Crippen LogP contribution is 2.09. The third kappa shape index (κ3) is 2.67. The van der Waals surface area contributed by atoms with Crippen molar-refractivity contribution in [3.05, 3.63) is 36.0 Å². The average molecular weight is 136 g/mol. The van der Waals surface area contributed by atoms with Gasteiger partial charge in [0, 0.05) is 0 Å². The summed E-state index contributed by atoms with van der Waals surface area (Å²) in [7, 11) is 0. The maximum absolute atomic E-state index is 3.73. The zero-order valence-electron chi connectivity index (χ0n) is 7.15. The van der Waals surface area contributed by atoms with Gasteiger partial charge >= 0.3 is 0 Å². The van der Waals surface area contributed by atoms with Gasteiger partial charge in [-0.05, 0) is 31.4 Å². The molecule has 56 valence electrons. The summed E-state index contributed by atoms with van der Waals surface area (Å²) in [5.74, 6) is 0. The van der Waals surface area contributed by atoms with E-state index in [0.717, 1.165) is 6.42 Å². The van der Waals surface area contributed by atoms with Crippen LogP contribution < -0.4 is 0 Å². The molecule has 0 amide bonds. The number of hydrogen-bond donors (Lipinski definition) is 0. The number of allylic oxidation sites excluding steroid dienone is 5. The van der Waals surface area contributed by atoms with Crippen molar-refractivity contribution in [2.24, 2.45) is 0 Å². The highest BCUT2D eigenvalue weighted by atomic mass is 14.0. The van der Waals surface area contributed by atoms with Crippen molar-refractivity contribution >= 4 is 0 Å². The molecule has 0 aromatic rings. The maximum atomic E-state index is 3.73. The number of rotatable bonds is 3. The van der Waals surface area contributed by atoms with Crippen molar-refractivity contribution in [3.63, 3.8) is 0 Å². The van der Waals surface area contributed by atoms with Gasteiger partial charge in [-0.15, -0.1) is 0 Å². The second-order valence-electron chi connectivity index (χ2n) is 2.24. The Kier molecular flexibility index (Phi) is 4.65. The van der Waals surface area contributed by atoms with E-state index in [1.54, 1.807) is 0 Å². The van der Waals surface area contributed by atoms with E-state index in [9.17, 15) is 0 Å². The van der Waals surface area contributed by atoms with Gasteiger partial charge in [0.15, 0.2) is 0 Å². The molecule has 0 atom stereocenters. The fourth-order valence-corrected chi connectivity index (χ4v) is 0.931. The van der Waals surface area contributed by atoms with Crippen molar-refractivity contribution in [1.82, 2.24) is 0 Å². The number of hydrogen-bond acceptors (Lipinski definition) is 0. The van der Waals surface area contributed by atoms with Crippen LogP contribution in [0, 0.1) is 0 Å². The van der Waals surface area contributed by atoms with Gasteiger partial charge in [0.1, 0.15) is 0 Å². The van der Waals surface area contributed by atoms with Crippen molar-refractivity contribution in [2.75, 3.05) is 0 Å². The van der Waals surface area contributed by atoms with Crippen LogP contribution in [-0.4, -0.2) is 0 Å². The largest absolute Gasteiger partial charge is 0.0985 e. The van der Waals surface area contributed by atoms with Crippen LogP contribution in [-0.2, 0) is 0 Å². The zero-order chi connectivity index (χ0) is 7.98. The molecule has 0 rings (SSSR count). The fourth-order valence-electron chi connectivity index (χ4n) is 0.931. The second kappa shape index (κ2) is 5.04. The monoisotopic (exact) mass is 136 g/mol. The van der Waals surface area contributed by atoms with Crippen molar-refractivity contribution in [3.8, 4) is 0 Å². The molecule has 0 aliphatic rings. The Morgan fingerprint density at radius 3 is 2.40 bits per heavy atom. The van der Waals surface area contributed by atoms with E-state index in [-0.39, 0.29) is 0 Å². The Morgan fingerprint density at radius 1 is 1.50 bits per heavy atom. The van der Waals surface area contributed by atoms with E-state index in [0.29, 0.717) is 0 Å². The standard InChI is InChI=1S/C10H16/c1-5-8-9(4)10(6-2)7-3/h6-8H,2,5H2,1,3-4H3/b9-8+,10-7+. The molecule has 0 aromatic heterocycles. The van der Waals surface area contributed by atoms with Crippen LogP contribution in [0.2, 0.25) is 0 Å². The van der Waals surface area contributed by atoms with Crippen LogP contribution in [0.25, 0.3) is 0 Å². The molecule has 0 fully saturated rings. The first-order valence-electron chi connectivity index (χ1n) is 3.72. The Bertz CT molecular complexity index is 159. The van der Waals surface area contributed by atoms with Crippen LogP contribution in [0.15, 0.2) is 36.0 Å². The minimum absolute atomic E-state index is 1.09. The lowest BCUT2D eigenvalue weighted by molar-refractivity contribution is 1.19. The quantitative estimate of drug-likeness (QED) is 0.521. The Labute approximate surface area is 64.0 Å². The lowest BCUT2D eigenvalue weighted by atomic mass is 10.1. The van der Waals surface area contributed by atoms with E-state index >= 15 is 0 Å². The summed E-state index contributed by atoms with van der Waals surface area (Å²) in [5.41, 5.74) is 2.56. The highest BCUT2D eigenvalue weighted by molar-refractivity contribution is 5.36. The zero-order valence-corrected chi connectivity index (χ0v) is 7.15. The van der Waals surface area contributed by atoms with Crippen LogP contribution in [0.1, 0.15) is 27.2 Å². The molecule has 0 saturated heterocycles. The molecule has 0 N–H and O–H groups in total. The van der Waals surface area contributed by atoms with Gasteiger partial charge in [-0.25, -0.2) is 0 Å². The fraction of sp³-hybridized carbons (Fsp3) is 0.400. The summed E-state index contributed by atoms with van der Waals surface area (Å²) >= 11 is 0. The van der Waals surface area contributed by atoms with Crippen LogP contribution >= 0.6 is 0 Å². The van der Waals surface area contributed by atoms with Crippen LogP contribution in [0.5, 0.6) is 0 Å². The molecule has 0 unspecified atom stereocenters. The van der Waals surface area contributed by atoms with Gasteiger partial charge in [-0.2, -0.15) is 0 Å². The topological polar surface area (TPSA) is 0 Å². The van der Waals surface area contributed by atoms with E-state index in [1.807, 2.05) is 13.0 Å². The van der Waals surface area contributed by atoms with Gasteiger partial charge in [0.25, 0.3) is 0 Å². The molecule has 0 aliphatic heterocycles. The molecule has 0 bridgehead atoms. The minimum atomic E-state index is 1.09. The van der Waals surface area contributed by atoms with Crippen LogP contribution in [0.3, 0.4) is 0 Å². The molecule has 0 radical (unpaired) electrons. The summed E-state index contributed by atoms with van der Waals surface area (Å²) in [6.45, 7) is 10.0. The first-order valence-corrected chi connectivity index (χ1v) is 3.72. The van der Waals surface area contributed by atoms with Crippen LogP contribution in [0.4, 0.5) is 0 Å². The summed E-state index contributed by atoms with van der Waals surface area (Å²) in [6.07, 6.45) is 7.27. The van der Waals surface area contributed by atoms with E-state index < -0.39 is 0 Å². The maximum Gasteiger partial charge on any atom is -0.0279 e. The normalized spacial score (nSPS) is 13.5. The Balaban J connectivity index is 4.30. The minimum Gasteiger partial charge on any atom is -0.0985 e. The molecule has 0 heterocycles. The van der Waals surface area contributed by atoms with Crippen molar-refractivity contribution in [2.45, 2.75) is 27.2 Å². The smallest absolute Gasteiger partial charge is 0.0279 e. The predicted octanol–water partition coefficient (Wildman–Crippen LogP) is 3.48. The summed E-state index contributed by atoms with van der Waals surface area (Å²) in [4.78, 5) is 0. The van der Waals surface area contributed by atoms with Gasteiger partial charge in [0.05, 0.1) is 0 Å². The first-order chi connectivity index (χ1) is 4.76. The van der Waals surface area contributed by atoms with Gasteiger partial charge < -0.3 is 0 Å². The van der Waals surface area contributed by atoms with Gasteiger partial charge in [-0.3, -0.25) is 0 Å². The summed E-state index contributed by atoms with van der Waals surface area (Å²) in [5, 5.41) is 0. The van der Waals surface area contributed by atoms with Gasteiger partial charge in [-0.1, -0.05) is 31.7 Å². The third-order valence-electron chi connectivity index (χ3n) is 1.50. The molecule has 0 nitrogen and oxygen atoms in total. The predicted molar refractivity (Wildman–Crippen MR) is 48.0 cm³/mol. The highest BCUT2D eigenvalue weighted by Gasteiger charge is 1.89. The summed E-state index contributed by atoms with van der Waals surface area (Å²) in [6, 6.07) is 0. The molecule has 0 spiro atoms. The third-order valence-corrected chi connectivity index (χ3v) is 1.50. The lowest BCUT2D eigenvalue weighted by Crippen LogP contribution is -1.78. The molecule has 0 heteroatoms. The first kappa shape index (κ1) is 9.22. The van der Waals surface area contributed by atoms with Gasteiger partial charge in [0.2, 0.25) is 0 Å². The Hall–Kier alpha value is -0.780. The SMILES string of the molecule is C=CC(=C\C)/C(C)=C/CC. The average Bonchev–Trinajstić information content (AvgIpc) is 1.91. The van der Waals surface area contributed by atoms with E-state index in [1.165, 1.54) is 11.1 Å². The van der Waals surface area contributed by atoms with E-state index in [2.05, 4.69) is 32.6 Å². The molecular weight excluding hydrogens is 120 g/mol. The second-order valence-corrected chi connectivity index (χ2v) is 2.24. The molecule has 10 heavy (non-hydrogen) atoms. The molecule has 0 aliphatic carbocycles. The molecule has 0 saturated carbocycles. The van der Waals surface area contributed by atoms with Crippen molar-refractivity contribution in [1.29, 1.82) is 0 Å². The van der Waals surface area contributed by atoms with Crippen molar-refractivity contribution < 1.29 is 0 Å². The lowest BCUT2D eigenvalue weighted by Gasteiger charge is -1.98.